The number of aromatic nitrogens is 1. The Hall–Kier alpha value is -3.79. The highest BCUT2D eigenvalue weighted by Gasteiger charge is 2.28. The van der Waals surface area contributed by atoms with Gasteiger partial charge < -0.3 is 19.7 Å². The number of fused-ring (bicyclic) bond motifs is 1. The van der Waals surface area contributed by atoms with Crippen LogP contribution in [-0.2, 0) is 4.79 Å². The van der Waals surface area contributed by atoms with Crippen LogP contribution < -0.4 is 19.7 Å². The molecule has 7 nitrogen and oxygen atoms in total. The minimum absolute atomic E-state index is 0.0433. The van der Waals surface area contributed by atoms with Crippen LogP contribution in [0.15, 0.2) is 42.6 Å². The monoisotopic (exact) mass is 430 g/mol. The Labute approximate surface area is 187 Å². The number of carbonyl (C=O) groups is 1. The molecule has 0 aliphatic carbocycles. The van der Waals surface area contributed by atoms with E-state index in [0.29, 0.717) is 43.0 Å². The molecular weight excluding hydrogens is 404 g/mol. The van der Waals surface area contributed by atoms with Gasteiger partial charge in [-0.3, -0.25) is 9.78 Å². The van der Waals surface area contributed by atoms with Crippen LogP contribution in [0.5, 0.6) is 11.5 Å². The molecule has 4 rings (SSSR count). The van der Waals surface area contributed by atoms with Gasteiger partial charge in [0.25, 0.3) is 0 Å². The molecule has 1 amide bonds. The number of nitrogens with zero attached hydrogens (tertiary/aromatic N) is 3. The minimum Gasteiger partial charge on any atom is -0.493 e. The highest BCUT2D eigenvalue weighted by atomic mass is 16.5. The van der Waals surface area contributed by atoms with Crippen molar-refractivity contribution >= 4 is 28.2 Å². The Morgan fingerprint density at radius 3 is 2.53 bits per heavy atom. The van der Waals surface area contributed by atoms with Gasteiger partial charge in [-0.05, 0) is 43.5 Å². The van der Waals surface area contributed by atoms with E-state index < -0.39 is 0 Å². The molecule has 0 spiro atoms. The molecule has 0 unspecified atom stereocenters. The number of pyridine rings is 1. The molecule has 3 aromatic rings. The second-order valence-electron chi connectivity index (χ2n) is 7.98. The number of methoxy groups -OCH3 is 2. The quantitative estimate of drug-likeness (QED) is 0.650. The summed E-state index contributed by atoms with van der Waals surface area (Å²) in [6.45, 7) is 3.35. The number of hydrogen-bond donors (Lipinski definition) is 1. The summed E-state index contributed by atoms with van der Waals surface area (Å²) in [5.41, 5.74) is 4.00. The van der Waals surface area contributed by atoms with Crippen molar-refractivity contribution in [2.75, 3.05) is 37.5 Å². The van der Waals surface area contributed by atoms with Gasteiger partial charge in [0.1, 0.15) is 6.07 Å². The first kappa shape index (κ1) is 21.4. The normalized spacial score (nSPS) is 14.1. The number of anilines is 2. The number of carbonyl (C=O) groups excluding carboxylic acids is 1. The molecule has 1 aromatic heterocycles. The average Bonchev–Trinajstić information content (AvgIpc) is 2.82. The van der Waals surface area contributed by atoms with Gasteiger partial charge in [-0.25, -0.2) is 0 Å². The molecule has 32 heavy (non-hydrogen) atoms. The number of nitriles is 1. The van der Waals surface area contributed by atoms with E-state index in [2.05, 4.69) is 21.3 Å². The SMILES string of the molecule is COc1cc2ncc(C#N)c(N3CCC(C(=O)Nc4cccc(C)c4)CC3)c2cc1OC. The second kappa shape index (κ2) is 9.15. The van der Waals surface area contributed by atoms with E-state index >= 15 is 0 Å². The predicted molar refractivity (Wildman–Crippen MR) is 124 cm³/mol. The number of benzene rings is 2. The highest BCUT2D eigenvalue weighted by molar-refractivity contribution is 5.97. The van der Waals surface area contributed by atoms with Crippen molar-refractivity contribution in [3.8, 4) is 17.6 Å². The molecule has 1 saturated heterocycles. The summed E-state index contributed by atoms with van der Waals surface area (Å²) in [6.07, 6.45) is 3.01. The number of piperidine rings is 1. The fraction of sp³-hybridized carbons (Fsp3) is 0.320. The average molecular weight is 431 g/mol. The molecule has 0 bridgehead atoms. The van der Waals surface area contributed by atoms with E-state index in [-0.39, 0.29) is 11.8 Å². The summed E-state index contributed by atoms with van der Waals surface area (Å²) in [4.78, 5) is 19.4. The molecule has 0 atom stereocenters. The van der Waals surface area contributed by atoms with Crippen LogP contribution in [0.4, 0.5) is 11.4 Å². The Morgan fingerprint density at radius 1 is 1.16 bits per heavy atom. The molecule has 1 aliphatic heterocycles. The number of nitrogens with one attached hydrogen (secondary N) is 1. The lowest BCUT2D eigenvalue weighted by Crippen LogP contribution is -2.38. The predicted octanol–water partition coefficient (Wildman–Crippen LogP) is 4.29. The van der Waals surface area contributed by atoms with Crippen LogP contribution in [0.25, 0.3) is 10.9 Å². The highest BCUT2D eigenvalue weighted by Crippen LogP contribution is 2.38. The summed E-state index contributed by atoms with van der Waals surface area (Å²) < 4.78 is 10.9. The third kappa shape index (κ3) is 4.17. The number of ether oxygens (including phenoxy) is 2. The molecule has 1 N–H and O–H groups in total. The van der Waals surface area contributed by atoms with Crippen LogP contribution in [-0.4, -0.2) is 38.2 Å². The maximum absolute atomic E-state index is 12.8. The van der Waals surface area contributed by atoms with Crippen molar-refractivity contribution in [3.63, 3.8) is 0 Å². The van der Waals surface area contributed by atoms with Gasteiger partial charge in [-0.15, -0.1) is 0 Å². The lowest BCUT2D eigenvalue weighted by molar-refractivity contribution is -0.120. The lowest BCUT2D eigenvalue weighted by atomic mass is 9.94. The summed E-state index contributed by atoms with van der Waals surface area (Å²) >= 11 is 0. The maximum Gasteiger partial charge on any atom is 0.227 e. The van der Waals surface area contributed by atoms with Gasteiger partial charge >= 0.3 is 0 Å². The van der Waals surface area contributed by atoms with Gasteiger partial charge in [0.2, 0.25) is 5.91 Å². The van der Waals surface area contributed by atoms with Gasteiger partial charge in [0.15, 0.2) is 11.5 Å². The van der Waals surface area contributed by atoms with Gasteiger partial charge in [0, 0.05) is 42.3 Å². The van der Waals surface area contributed by atoms with E-state index in [1.165, 1.54) is 0 Å². The molecule has 7 heteroatoms. The fourth-order valence-corrected chi connectivity index (χ4v) is 4.26. The van der Waals surface area contributed by atoms with Crippen LogP contribution in [0.2, 0.25) is 0 Å². The summed E-state index contributed by atoms with van der Waals surface area (Å²) in [5, 5.41) is 13.6. The molecule has 1 fully saturated rings. The fourth-order valence-electron chi connectivity index (χ4n) is 4.26. The Morgan fingerprint density at radius 2 is 1.88 bits per heavy atom. The first-order chi connectivity index (χ1) is 15.5. The first-order valence-electron chi connectivity index (χ1n) is 10.6. The van der Waals surface area contributed by atoms with Crippen molar-refractivity contribution in [1.82, 2.24) is 4.98 Å². The van der Waals surface area contributed by atoms with Crippen molar-refractivity contribution in [2.45, 2.75) is 19.8 Å². The molecule has 1 aliphatic rings. The van der Waals surface area contributed by atoms with E-state index in [1.54, 1.807) is 20.4 Å². The van der Waals surface area contributed by atoms with E-state index in [4.69, 9.17) is 9.47 Å². The molecule has 2 heterocycles. The van der Waals surface area contributed by atoms with E-state index in [0.717, 1.165) is 27.8 Å². The number of aryl methyl sites for hydroxylation is 1. The Balaban J connectivity index is 1.57. The van der Waals surface area contributed by atoms with Crippen LogP contribution in [0.1, 0.15) is 24.0 Å². The summed E-state index contributed by atoms with van der Waals surface area (Å²) in [7, 11) is 3.17. The smallest absolute Gasteiger partial charge is 0.227 e. The van der Waals surface area contributed by atoms with Crippen LogP contribution in [0, 0.1) is 24.2 Å². The van der Waals surface area contributed by atoms with Crippen molar-refractivity contribution in [3.05, 3.63) is 53.7 Å². The van der Waals surface area contributed by atoms with Gasteiger partial charge in [0.05, 0.1) is 31.0 Å². The summed E-state index contributed by atoms with van der Waals surface area (Å²) in [5.74, 6) is 1.15. The molecule has 0 radical (unpaired) electrons. The Bertz CT molecular complexity index is 1190. The minimum atomic E-state index is -0.0694. The van der Waals surface area contributed by atoms with E-state index in [1.807, 2.05) is 43.3 Å². The van der Waals surface area contributed by atoms with Gasteiger partial charge in [-0.1, -0.05) is 12.1 Å². The Kier molecular flexibility index (Phi) is 6.13. The zero-order valence-electron chi connectivity index (χ0n) is 18.5. The van der Waals surface area contributed by atoms with Crippen LogP contribution in [0.3, 0.4) is 0 Å². The van der Waals surface area contributed by atoms with Crippen molar-refractivity contribution in [1.29, 1.82) is 5.26 Å². The third-order valence-electron chi connectivity index (χ3n) is 5.93. The standard InChI is InChI=1S/C25H26N4O3/c1-16-5-4-6-19(11-16)28-25(30)17-7-9-29(10-8-17)24-18(14-26)15-27-21-13-23(32-3)22(31-2)12-20(21)24/h4-6,11-13,15,17H,7-10H2,1-3H3,(H,28,30). The molecule has 0 saturated carbocycles. The zero-order valence-corrected chi connectivity index (χ0v) is 18.5. The summed E-state index contributed by atoms with van der Waals surface area (Å²) in [6, 6.07) is 13.8. The second-order valence-corrected chi connectivity index (χ2v) is 7.98. The number of rotatable bonds is 5. The number of amides is 1. The molecule has 164 valence electrons. The molecular formula is C25H26N4O3. The number of hydrogen-bond acceptors (Lipinski definition) is 6. The van der Waals surface area contributed by atoms with Crippen molar-refractivity contribution < 1.29 is 14.3 Å². The zero-order chi connectivity index (χ0) is 22.7. The largest absolute Gasteiger partial charge is 0.493 e. The van der Waals surface area contributed by atoms with Crippen molar-refractivity contribution in [2.24, 2.45) is 5.92 Å². The van der Waals surface area contributed by atoms with E-state index in [9.17, 15) is 10.1 Å². The molecule has 2 aromatic carbocycles. The third-order valence-corrected chi connectivity index (χ3v) is 5.93. The maximum atomic E-state index is 12.8. The van der Waals surface area contributed by atoms with Crippen LogP contribution >= 0.6 is 0 Å². The first-order valence-corrected chi connectivity index (χ1v) is 10.6. The topological polar surface area (TPSA) is 87.5 Å². The van der Waals surface area contributed by atoms with Gasteiger partial charge in [-0.2, -0.15) is 5.26 Å². The lowest BCUT2D eigenvalue weighted by Gasteiger charge is -2.34.